The Balaban J connectivity index is 1.91. The van der Waals surface area contributed by atoms with Crippen LogP contribution in [0.1, 0.15) is 18.9 Å². The number of aromatic nitrogens is 2. The Bertz CT molecular complexity index is 737. The van der Waals surface area contributed by atoms with Gasteiger partial charge in [0.05, 0.1) is 5.39 Å². The van der Waals surface area contributed by atoms with Crippen LogP contribution in [-0.2, 0) is 6.42 Å². The van der Waals surface area contributed by atoms with E-state index in [0.29, 0.717) is 11.8 Å². The van der Waals surface area contributed by atoms with Crippen LogP contribution in [0.5, 0.6) is 11.6 Å². The molecule has 3 rings (SSSR count). The summed E-state index contributed by atoms with van der Waals surface area (Å²) in [6.45, 7) is 2.18. The van der Waals surface area contributed by atoms with Gasteiger partial charge in [-0.2, -0.15) is 4.98 Å². The third-order valence-corrected chi connectivity index (χ3v) is 4.00. The van der Waals surface area contributed by atoms with E-state index in [4.69, 9.17) is 4.74 Å². The molecule has 5 heteroatoms. The smallest absolute Gasteiger partial charge is 0.232 e. The number of fused-ring (bicyclic) bond motifs is 1. The van der Waals surface area contributed by atoms with E-state index in [1.165, 1.54) is 5.56 Å². The van der Waals surface area contributed by atoms with Crippen LogP contribution in [0.3, 0.4) is 0 Å². The monoisotopic (exact) mass is 299 g/mol. The molecule has 0 aliphatic heterocycles. The van der Waals surface area contributed by atoms with Gasteiger partial charge in [0.1, 0.15) is 10.6 Å². The minimum Gasteiger partial charge on any atom is -0.438 e. The van der Waals surface area contributed by atoms with E-state index in [9.17, 15) is 0 Å². The lowest BCUT2D eigenvalue weighted by Gasteiger charge is -2.08. The highest BCUT2D eigenvalue weighted by Gasteiger charge is 2.10. The Morgan fingerprint density at radius 2 is 1.95 bits per heavy atom. The molecule has 0 unspecified atom stereocenters. The van der Waals surface area contributed by atoms with Crippen LogP contribution in [0.2, 0.25) is 0 Å². The topological polar surface area (TPSA) is 47.0 Å². The van der Waals surface area contributed by atoms with Crippen molar-refractivity contribution in [3.05, 3.63) is 41.3 Å². The molecule has 108 valence electrons. The number of hydrogen-bond donors (Lipinski definition) is 1. The fourth-order valence-corrected chi connectivity index (χ4v) is 2.90. The number of aryl methyl sites for hydroxylation is 1. The van der Waals surface area contributed by atoms with Crippen molar-refractivity contribution in [2.24, 2.45) is 0 Å². The maximum Gasteiger partial charge on any atom is 0.232 e. The summed E-state index contributed by atoms with van der Waals surface area (Å²) < 4.78 is 5.94. The number of rotatable bonds is 5. The number of thiophene rings is 1. The second-order valence-electron chi connectivity index (χ2n) is 4.74. The van der Waals surface area contributed by atoms with Crippen LogP contribution >= 0.6 is 11.3 Å². The zero-order chi connectivity index (χ0) is 14.7. The van der Waals surface area contributed by atoms with Crippen LogP contribution in [-0.4, -0.2) is 17.0 Å². The molecule has 0 bridgehead atoms. The summed E-state index contributed by atoms with van der Waals surface area (Å²) in [5.41, 5.74) is 1.32. The van der Waals surface area contributed by atoms with Gasteiger partial charge in [-0.15, -0.1) is 11.3 Å². The molecule has 0 aliphatic rings. The lowest BCUT2D eigenvalue weighted by molar-refractivity contribution is 0.469. The van der Waals surface area contributed by atoms with Gasteiger partial charge in [-0.05, 0) is 35.6 Å². The minimum atomic E-state index is 0.572. The average Bonchev–Trinajstić information content (AvgIpc) is 2.98. The van der Waals surface area contributed by atoms with Crippen molar-refractivity contribution < 1.29 is 4.74 Å². The molecule has 2 aromatic heterocycles. The molecular formula is C16H17N3OS. The molecule has 0 radical (unpaired) electrons. The normalized spacial score (nSPS) is 10.8. The minimum absolute atomic E-state index is 0.572. The number of anilines is 1. The highest BCUT2D eigenvalue weighted by molar-refractivity contribution is 7.16. The van der Waals surface area contributed by atoms with Gasteiger partial charge in [-0.25, -0.2) is 4.98 Å². The molecule has 4 nitrogen and oxygen atoms in total. The molecule has 21 heavy (non-hydrogen) atoms. The Hall–Kier alpha value is -2.14. The second-order valence-corrected chi connectivity index (χ2v) is 5.63. The number of nitrogens with one attached hydrogen (secondary N) is 1. The van der Waals surface area contributed by atoms with Crippen molar-refractivity contribution >= 4 is 27.5 Å². The SMILES string of the molecule is CCCc1ccc(Oc2nc(NC)nc3sccc23)cc1. The molecule has 0 aliphatic carbocycles. The molecule has 2 heterocycles. The van der Waals surface area contributed by atoms with Crippen molar-refractivity contribution in [3.8, 4) is 11.6 Å². The number of hydrogen-bond acceptors (Lipinski definition) is 5. The summed E-state index contributed by atoms with van der Waals surface area (Å²) >= 11 is 1.58. The average molecular weight is 299 g/mol. The summed E-state index contributed by atoms with van der Waals surface area (Å²) in [6.07, 6.45) is 2.24. The summed E-state index contributed by atoms with van der Waals surface area (Å²) in [4.78, 5) is 9.74. The Kier molecular flexibility index (Phi) is 4.01. The summed E-state index contributed by atoms with van der Waals surface area (Å²) in [7, 11) is 1.80. The van der Waals surface area contributed by atoms with E-state index >= 15 is 0 Å². The van der Waals surface area contributed by atoms with E-state index < -0.39 is 0 Å². The molecule has 3 aromatic rings. The van der Waals surface area contributed by atoms with Crippen molar-refractivity contribution in [1.29, 1.82) is 0 Å². The van der Waals surface area contributed by atoms with Crippen LogP contribution in [0.4, 0.5) is 5.95 Å². The quantitative estimate of drug-likeness (QED) is 0.754. The first-order valence-electron chi connectivity index (χ1n) is 7.00. The first-order valence-corrected chi connectivity index (χ1v) is 7.88. The van der Waals surface area contributed by atoms with Crippen LogP contribution < -0.4 is 10.1 Å². The van der Waals surface area contributed by atoms with Gasteiger partial charge in [-0.1, -0.05) is 25.5 Å². The first kappa shape index (κ1) is 13.8. The third kappa shape index (κ3) is 2.97. The number of ether oxygens (including phenoxy) is 1. The third-order valence-electron chi connectivity index (χ3n) is 3.19. The van der Waals surface area contributed by atoms with Gasteiger partial charge in [-0.3, -0.25) is 0 Å². The Labute approximate surface area is 127 Å². The molecule has 0 saturated heterocycles. The zero-order valence-electron chi connectivity index (χ0n) is 12.1. The van der Waals surface area contributed by atoms with E-state index in [1.54, 1.807) is 18.4 Å². The molecule has 0 fully saturated rings. The van der Waals surface area contributed by atoms with Gasteiger partial charge in [0.15, 0.2) is 0 Å². The first-order chi connectivity index (χ1) is 10.3. The Morgan fingerprint density at radius 3 is 2.67 bits per heavy atom. The molecule has 1 aromatic carbocycles. The van der Waals surface area contributed by atoms with E-state index in [0.717, 1.165) is 28.8 Å². The van der Waals surface area contributed by atoms with Crippen molar-refractivity contribution in [2.45, 2.75) is 19.8 Å². The maximum absolute atomic E-state index is 5.94. The van der Waals surface area contributed by atoms with Crippen molar-refractivity contribution in [3.63, 3.8) is 0 Å². The van der Waals surface area contributed by atoms with Crippen LogP contribution in [0, 0.1) is 0 Å². The van der Waals surface area contributed by atoms with Crippen LogP contribution in [0.15, 0.2) is 35.7 Å². The van der Waals surface area contributed by atoms with E-state index in [-0.39, 0.29) is 0 Å². The lowest BCUT2D eigenvalue weighted by atomic mass is 10.1. The summed E-state index contributed by atoms with van der Waals surface area (Å²) in [5, 5.41) is 5.90. The molecule has 0 atom stereocenters. The van der Waals surface area contributed by atoms with E-state index in [1.807, 2.05) is 23.6 Å². The van der Waals surface area contributed by atoms with Gasteiger partial charge in [0.2, 0.25) is 11.8 Å². The van der Waals surface area contributed by atoms with Crippen LogP contribution in [0.25, 0.3) is 10.2 Å². The predicted molar refractivity (Wildman–Crippen MR) is 87.5 cm³/mol. The van der Waals surface area contributed by atoms with Crippen molar-refractivity contribution in [2.75, 3.05) is 12.4 Å². The van der Waals surface area contributed by atoms with Gasteiger partial charge in [0, 0.05) is 7.05 Å². The molecule has 0 saturated carbocycles. The fourth-order valence-electron chi connectivity index (χ4n) is 2.14. The molecule has 0 spiro atoms. The standard InChI is InChI=1S/C16H17N3OS/c1-3-4-11-5-7-12(8-6-11)20-14-13-9-10-21-15(13)19-16(17-2)18-14/h5-10H,3-4H2,1-2H3,(H,17,18,19). The largest absolute Gasteiger partial charge is 0.438 e. The molecule has 0 amide bonds. The van der Waals surface area contributed by atoms with Gasteiger partial charge >= 0.3 is 0 Å². The van der Waals surface area contributed by atoms with E-state index in [2.05, 4.69) is 34.3 Å². The predicted octanol–water partition coefficient (Wildman–Crippen LogP) is 4.48. The maximum atomic E-state index is 5.94. The second kappa shape index (κ2) is 6.10. The number of benzene rings is 1. The highest BCUT2D eigenvalue weighted by atomic mass is 32.1. The lowest BCUT2D eigenvalue weighted by Crippen LogP contribution is -1.98. The summed E-state index contributed by atoms with van der Waals surface area (Å²) in [5.74, 6) is 1.96. The zero-order valence-corrected chi connectivity index (χ0v) is 12.9. The van der Waals surface area contributed by atoms with Crippen molar-refractivity contribution in [1.82, 2.24) is 9.97 Å². The highest BCUT2D eigenvalue weighted by Crippen LogP contribution is 2.31. The number of nitrogens with zero attached hydrogens (tertiary/aromatic N) is 2. The molecular weight excluding hydrogens is 282 g/mol. The summed E-state index contributed by atoms with van der Waals surface area (Å²) in [6, 6.07) is 10.2. The molecule has 1 N–H and O–H groups in total. The van der Waals surface area contributed by atoms with Gasteiger partial charge < -0.3 is 10.1 Å². The van der Waals surface area contributed by atoms with Gasteiger partial charge in [0.25, 0.3) is 0 Å². The Morgan fingerprint density at radius 1 is 1.14 bits per heavy atom. The fraction of sp³-hybridized carbons (Fsp3) is 0.250.